The van der Waals surface area contributed by atoms with E-state index in [-0.39, 0.29) is 29.1 Å². The molecule has 36 heavy (non-hydrogen) atoms. The lowest BCUT2D eigenvalue weighted by Crippen LogP contribution is -2.60. The van der Waals surface area contributed by atoms with Crippen LogP contribution in [-0.2, 0) is 20.6 Å². The number of ether oxygens (including phenoxy) is 3. The molecule has 4 rings (SSSR count). The molecule has 8 atom stereocenters. The molecule has 11 heteroatoms. The zero-order chi connectivity index (χ0) is 26.0. The number of rotatable bonds is 7. The monoisotopic (exact) mass is 508 g/mol. The van der Waals surface area contributed by atoms with Gasteiger partial charge in [0.15, 0.2) is 29.3 Å². The van der Waals surface area contributed by atoms with Crippen molar-refractivity contribution in [3.05, 3.63) is 47.5 Å². The maximum atomic E-state index is 10.4. The van der Waals surface area contributed by atoms with Crippen molar-refractivity contribution in [2.24, 2.45) is 0 Å². The van der Waals surface area contributed by atoms with Crippen molar-refractivity contribution in [1.29, 1.82) is 0 Å². The van der Waals surface area contributed by atoms with Crippen LogP contribution >= 0.6 is 0 Å². The van der Waals surface area contributed by atoms with E-state index in [9.17, 15) is 40.9 Å². The number of hydrogen-bond acceptors (Lipinski definition) is 11. The topological polar surface area (TPSA) is 190 Å². The average molecular weight is 509 g/mol. The van der Waals surface area contributed by atoms with Crippen LogP contribution in [0.4, 0.5) is 0 Å². The van der Waals surface area contributed by atoms with Crippen molar-refractivity contribution in [1.82, 2.24) is 0 Å². The van der Waals surface area contributed by atoms with Crippen molar-refractivity contribution in [2.75, 3.05) is 6.61 Å². The van der Waals surface area contributed by atoms with Gasteiger partial charge in [0.05, 0.1) is 24.9 Å². The smallest absolute Gasteiger partial charge is 0.186 e. The first-order chi connectivity index (χ1) is 17.2. The van der Waals surface area contributed by atoms with Crippen LogP contribution in [0.1, 0.15) is 36.5 Å². The molecule has 0 amide bonds. The van der Waals surface area contributed by atoms with E-state index >= 15 is 0 Å². The van der Waals surface area contributed by atoms with Gasteiger partial charge in [0.25, 0.3) is 0 Å². The molecule has 0 spiro atoms. The van der Waals surface area contributed by atoms with E-state index in [1.54, 1.807) is 12.1 Å². The Kier molecular flexibility index (Phi) is 8.20. The number of aromatic hydroxyl groups is 4. The molecule has 0 saturated carbocycles. The van der Waals surface area contributed by atoms with Gasteiger partial charge in [-0.1, -0.05) is 12.1 Å². The molecular weight excluding hydrogens is 476 g/mol. The van der Waals surface area contributed by atoms with Crippen molar-refractivity contribution >= 4 is 0 Å². The van der Waals surface area contributed by atoms with Gasteiger partial charge in [-0.3, -0.25) is 0 Å². The van der Waals surface area contributed by atoms with E-state index in [1.165, 1.54) is 24.3 Å². The van der Waals surface area contributed by atoms with Crippen molar-refractivity contribution in [2.45, 2.75) is 74.7 Å². The van der Waals surface area contributed by atoms with Gasteiger partial charge in [0.1, 0.15) is 24.4 Å². The van der Waals surface area contributed by atoms with Crippen molar-refractivity contribution < 1.29 is 55.1 Å². The summed E-state index contributed by atoms with van der Waals surface area (Å²) in [5.41, 5.74) is 1.38. The van der Waals surface area contributed by atoms with Crippen LogP contribution in [0.5, 0.6) is 23.0 Å². The van der Waals surface area contributed by atoms with Gasteiger partial charge < -0.3 is 55.1 Å². The van der Waals surface area contributed by atoms with Crippen LogP contribution < -0.4 is 0 Å². The van der Waals surface area contributed by atoms with E-state index in [4.69, 9.17) is 14.2 Å². The van der Waals surface area contributed by atoms with E-state index in [2.05, 4.69) is 0 Å². The van der Waals surface area contributed by atoms with E-state index in [1.807, 2.05) is 0 Å². The molecule has 2 aromatic carbocycles. The summed E-state index contributed by atoms with van der Waals surface area (Å²) >= 11 is 0. The third kappa shape index (κ3) is 5.84. The minimum atomic E-state index is -1.57. The molecule has 2 saturated heterocycles. The first-order valence-electron chi connectivity index (χ1n) is 11.8. The van der Waals surface area contributed by atoms with Gasteiger partial charge in [-0.25, -0.2) is 0 Å². The largest absolute Gasteiger partial charge is 0.504 e. The zero-order valence-corrected chi connectivity index (χ0v) is 19.4. The molecule has 2 heterocycles. The molecule has 8 N–H and O–H groups in total. The molecule has 0 radical (unpaired) electrons. The lowest BCUT2D eigenvalue weighted by Gasteiger charge is -2.43. The van der Waals surface area contributed by atoms with Gasteiger partial charge in [-0.05, 0) is 48.2 Å². The van der Waals surface area contributed by atoms with E-state index in [0.29, 0.717) is 31.2 Å². The minimum absolute atomic E-state index is 0.215. The SMILES string of the molecule is OC[C@H]1O[C@@H](OC2CC(CCc3ccc(O)c(O)c3)OC(c3ccc(O)c(O)c3)C2)[C@H](O)[C@@H](O)[C@@H]1O. The van der Waals surface area contributed by atoms with Crippen LogP contribution in [-0.4, -0.2) is 90.4 Å². The third-order valence-electron chi connectivity index (χ3n) is 6.70. The fourth-order valence-electron chi connectivity index (χ4n) is 4.65. The minimum Gasteiger partial charge on any atom is -0.504 e. The molecule has 2 aliphatic rings. The summed E-state index contributed by atoms with van der Waals surface area (Å²) in [5.74, 6) is -1.01. The second kappa shape index (κ2) is 11.2. The molecule has 0 bridgehead atoms. The highest BCUT2D eigenvalue weighted by Gasteiger charge is 2.45. The number of benzene rings is 2. The van der Waals surface area contributed by atoms with Crippen LogP contribution in [0.15, 0.2) is 36.4 Å². The van der Waals surface area contributed by atoms with E-state index in [0.717, 1.165) is 5.56 Å². The molecule has 3 unspecified atom stereocenters. The summed E-state index contributed by atoms with van der Waals surface area (Å²) in [5, 5.41) is 78.9. The molecular formula is C25H32O11. The predicted octanol–water partition coefficient (Wildman–Crippen LogP) is 0.547. The van der Waals surface area contributed by atoms with E-state index < -0.39 is 49.5 Å². The summed E-state index contributed by atoms with van der Waals surface area (Å²) in [7, 11) is 0. The highest BCUT2D eigenvalue weighted by Crippen LogP contribution is 2.39. The summed E-state index contributed by atoms with van der Waals surface area (Å²) in [6.45, 7) is -0.573. The molecule has 11 nitrogen and oxygen atoms in total. The maximum Gasteiger partial charge on any atom is 0.186 e. The highest BCUT2D eigenvalue weighted by atomic mass is 16.7. The van der Waals surface area contributed by atoms with Gasteiger partial charge in [-0.15, -0.1) is 0 Å². The van der Waals surface area contributed by atoms with Crippen LogP contribution in [0, 0.1) is 0 Å². The zero-order valence-electron chi connectivity index (χ0n) is 19.4. The summed E-state index contributed by atoms with van der Waals surface area (Å²) in [6.07, 6.45) is -6.72. The highest BCUT2D eigenvalue weighted by molar-refractivity contribution is 5.42. The Morgan fingerprint density at radius 1 is 0.778 bits per heavy atom. The first kappa shape index (κ1) is 26.4. The predicted molar refractivity (Wildman–Crippen MR) is 123 cm³/mol. The lowest BCUT2D eigenvalue weighted by atomic mass is 9.92. The Labute approximate surface area is 207 Å². The van der Waals surface area contributed by atoms with Gasteiger partial charge >= 0.3 is 0 Å². The first-order valence-corrected chi connectivity index (χ1v) is 11.8. The van der Waals surface area contributed by atoms with Crippen LogP contribution in [0.25, 0.3) is 0 Å². The second-order valence-electron chi connectivity index (χ2n) is 9.28. The summed E-state index contributed by atoms with van der Waals surface area (Å²) in [6, 6.07) is 8.92. The Morgan fingerprint density at radius 2 is 1.47 bits per heavy atom. The molecule has 2 aliphatic heterocycles. The molecule has 0 aliphatic carbocycles. The number of aliphatic hydroxyl groups excluding tert-OH is 4. The fraction of sp³-hybridized carbons (Fsp3) is 0.520. The Balaban J connectivity index is 1.50. The third-order valence-corrected chi connectivity index (χ3v) is 6.70. The number of aliphatic hydroxyl groups is 4. The lowest BCUT2D eigenvalue weighted by molar-refractivity contribution is -0.318. The Hall–Kier alpha value is -2.64. The van der Waals surface area contributed by atoms with Gasteiger partial charge in [-0.2, -0.15) is 0 Å². The normalized spacial score (nSPS) is 32.9. The fourth-order valence-corrected chi connectivity index (χ4v) is 4.65. The van der Waals surface area contributed by atoms with Crippen LogP contribution in [0.2, 0.25) is 0 Å². The maximum absolute atomic E-state index is 10.4. The van der Waals surface area contributed by atoms with Gasteiger partial charge in [0, 0.05) is 12.8 Å². The number of hydrogen-bond donors (Lipinski definition) is 8. The number of aryl methyl sites for hydroxylation is 1. The number of phenolic OH excluding ortho intramolecular Hbond substituents is 4. The van der Waals surface area contributed by atoms with Crippen molar-refractivity contribution in [3.8, 4) is 23.0 Å². The standard InChI is InChI=1S/C25H32O11/c26-11-21-22(31)23(32)24(33)25(36-21)35-15-9-14(4-1-12-2-5-16(27)18(29)7-12)34-20(10-15)13-3-6-17(28)19(30)8-13/h2-3,5-8,14-15,20-33H,1,4,9-11H2/t14?,15?,20?,21-,22-,23+,24-,25-/m1/s1. The van der Waals surface area contributed by atoms with Crippen LogP contribution in [0.3, 0.4) is 0 Å². The average Bonchev–Trinajstić information content (AvgIpc) is 2.86. The molecule has 198 valence electrons. The molecule has 2 aromatic rings. The number of phenols is 4. The second-order valence-corrected chi connectivity index (χ2v) is 9.28. The van der Waals surface area contributed by atoms with Gasteiger partial charge in [0.2, 0.25) is 0 Å². The molecule has 2 fully saturated rings. The Morgan fingerprint density at radius 3 is 2.14 bits per heavy atom. The van der Waals surface area contributed by atoms with Crippen molar-refractivity contribution in [3.63, 3.8) is 0 Å². The molecule has 0 aromatic heterocycles. The quantitative estimate of drug-likeness (QED) is 0.244. The summed E-state index contributed by atoms with van der Waals surface area (Å²) in [4.78, 5) is 0. The summed E-state index contributed by atoms with van der Waals surface area (Å²) < 4.78 is 17.8. The Bertz CT molecular complexity index is 1030.